The molecular weight excluding hydrogens is 216 g/mol. The summed E-state index contributed by atoms with van der Waals surface area (Å²) in [4.78, 5) is 14.7. The first kappa shape index (κ1) is 9.66. The molecule has 0 aliphatic carbocycles. The predicted octanol–water partition coefficient (Wildman–Crippen LogP) is 1.32. The van der Waals surface area contributed by atoms with Crippen LogP contribution < -0.4 is 5.32 Å². The summed E-state index contributed by atoms with van der Waals surface area (Å²) in [5.74, 6) is -0.966. The van der Waals surface area contributed by atoms with Crippen molar-refractivity contribution in [2.75, 3.05) is 5.32 Å². The standard InChI is InChI=1S/C8H8N4O2S/c1-12-4-5(2-10-12)11-8-9-3-6(15-8)7(13)14/h2-4H,1H3,(H,9,11)(H,13,14). The third-order valence-electron chi connectivity index (χ3n) is 1.67. The van der Waals surface area contributed by atoms with E-state index in [1.807, 2.05) is 0 Å². The lowest BCUT2D eigenvalue weighted by Gasteiger charge is -1.95. The zero-order valence-corrected chi connectivity index (χ0v) is 8.65. The fourth-order valence-corrected chi connectivity index (χ4v) is 1.72. The van der Waals surface area contributed by atoms with E-state index in [4.69, 9.17) is 5.11 Å². The first-order valence-electron chi connectivity index (χ1n) is 4.10. The van der Waals surface area contributed by atoms with Gasteiger partial charge in [0.15, 0.2) is 5.13 Å². The Hall–Kier alpha value is -1.89. The topological polar surface area (TPSA) is 80.0 Å². The number of rotatable bonds is 3. The second-order valence-corrected chi connectivity index (χ2v) is 3.89. The number of anilines is 2. The molecule has 2 heterocycles. The molecule has 0 amide bonds. The minimum absolute atomic E-state index is 0.210. The Morgan fingerprint density at radius 1 is 1.60 bits per heavy atom. The summed E-state index contributed by atoms with van der Waals surface area (Å²) in [6, 6.07) is 0. The van der Waals surface area contributed by atoms with Gasteiger partial charge < -0.3 is 10.4 Å². The zero-order chi connectivity index (χ0) is 10.8. The number of aryl methyl sites for hydroxylation is 1. The Kier molecular flexibility index (Phi) is 2.38. The van der Waals surface area contributed by atoms with Gasteiger partial charge >= 0.3 is 5.97 Å². The largest absolute Gasteiger partial charge is 0.477 e. The van der Waals surface area contributed by atoms with E-state index < -0.39 is 5.97 Å². The van der Waals surface area contributed by atoms with Gasteiger partial charge in [-0.1, -0.05) is 11.3 Å². The van der Waals surface area contributed by atoms with E-state index in [0.717, 1.165) is 17.0 Å². The van der Waals surface area contributed by atoms with Gasteiger partial charge in [0.25, 0.3) is 0 Å². The number of nitrogens with zero attached hydrogens (tertiary/aromatic N) is 3. The number of carbonyl (C=O) groups is 1. The predicted molar refractivity (Wildman–Crippen MR) is 55.6 cm³/mol. The Labute approximate surface area is 89.2 Å². The van der Waals surface area contributed by atoms with Crippen molar-refractivity contribution in [1.29, 1.82) is 0 Å². The summed E-state index contributed by atoms with van der Waals surface area (Å²) in [5.41, 5.74) is 0.781. The second kappa shape index (κ2) is 3.70. The minimum atomic E-state index is -0.966. The van der Waals surface area contributed by atoms with Gasteiger partial charge in [0.05, 0.1) is 18.1 Å². The third-order valence-corrected chi connectivity index (χ3v) is 2.57. The van der Waals surface area contributed by atoms with E-state index in [2.05, 4.69) is 15.4 Å². The monoisotopic (exact) mass is 224 g/mol. The number of aromatic carboxylic acids is 1. The van der Waals surface area contributed by atoms with Gasteiger partial charge in [-0.3, -0.25) is 4.68 Å². The molecule has 2 N–H and O–H groups in total. The highest BCUT2D eigenvalue weighted by atomic mass is 32.1. The van der Waals surface area contributed by atoms with Crippen LogP contribution in [0.2, 0.25) is 0 Å². The zero-order valence-electron chi connectivity index (χ0n) is 7.84. The Bertz CT molecular complexity index is 490. The van der Waals surface area contributed by atoms with Gasteiger partial charge in [0.2, 0.25) is 0 Å². The maximum absolute atomic E-state index is 10.6. The Morgan fingerprint density at radius 3 is 2.93 bits per heavy atom. The summed E-state index contributed by atoms with van der Waals surface area (Å²) in [6.45, 7) is 0. The van der Waals surface area contributed by atoms with E-state index in [-0.39, 0.29) is 4.88 Å². The summed E-state index contributed by atoms with van der Waals surface area (Å²) >= 11 is 1.09. The minimum Gasteiger partial charge on any atom is -0.477 e. The Morgan fingerprint density at radius 2 is 2.40 bits per heavy atom. The number of carboxylic acid groups (broad SMARTS) is 1. The molecule has 0 saturated carbocycles. The van der Waals surface area contributed by atoms with Crippen LogP contribution in [0.5, 0.6) is 0 Å². The first-order chi connectivity index (χ1) is 7.15. The maximum Gasteiger partial charge on any atom is 0.347 e. The lowest BCUT2D eigenvalue weighted by Crippen LogP contribution is -1.89. The molecule has 0 atom stereocenters. The van der Waals surface area contributed by atoms with Crippen LogP contribution in [0.3, 0.4) is 0 Å². The van der Waals surface area contributed by atoms with Crippen LogP contribution in [-0.4, -0.2) is 25.8 Å². The fourth-order valence-electron chi connectivity index (χ4n) is 1.04. The van der Waals surface area contributed by atoms with Crippen LogP contribution in [0.15, 0.2) is 18.6 Å². The van der Waals surface area contributed by atoms with Crippen molar-refractivity contribution in [2.45, 2.75) is 0 Å². The van der Waals surface area contributed by atoms with Crippen molar-refractivity contribution >= 4 is 28.1 Å². The molecule has 2 aromatic rings. The molecule has 15 heavy (non-hydrogen) atoms. The molecule has 0 unspecified atom stereocenters. The summed E-state index contributed by atoms with van der Waals surface area (Å²) in [5, 5.41) is 16.2. The normalized spacial score (nSPS) is 10.2. The van der Waals surface area contributed by atoms with E-state index in [9.17, 15) is 4.79 Å². The van der Waals surface area contributed by atoms with Gasteiger partial charge in [0, 0.05) is 13.2 Å². The van der Waals surface area contributed by atoms with E-state index >= 15 is 0 Å². The number of nitrogens with one attached hydrogen (secondary N) is 1. The third kappa shape index (κ3) is 2.13. The van der Waals surface area contributed by atoms with E-state index in [0.29, 0.717) is 5.13 Å². The molecule has 0 radical (unpaired) electrons. The maximum atomic E-state index is 10.6. The van der Waals surface area contributed by atoms with Gasteiger partial charge in [-0.15, -0.1) is 0 Å². The van der Waals surface area contributed by atoms with E-state index in [1.165, 1.54) is 6.20 Å². The lowest BCUT2D eigenvalue weighted by molar-refractivity contribution is 0.0702. The molecule has 0 aliphatic rings. The molecule has 0 aliphatic heterocycles. The SMILES string of the molecule is Cn1cc(Nc2ncc(C(=O)O)s2)cn1. The average Bonchev–Trinajstić information content (AvgIpc) is 2.76. The van der Waals surface area contributed by atoms with Crippen LogP contribution in [-0.2, 0) is 7.05 Å². The highest BCUT2D eigenvalue weighted by molar-refractivity contribution is 7.17. The average molecular weight is 224 g/mol. The number of hydrogen-bond donors (Lipinski definition) is 2. The number of carboxylic acids is 1. The quantitative estimate of drug-likeness (QED) is 0.821. The van der Waals surface area contributed by atoms with Crippen molar-refractivity contribution in [2.24, 2.45) is 7.05 Å². The first-order valence-corrected chi connectivity index (χ1v) is 4.91. The molecule has 0 spiro atoms. The summed E-state index contributed by atoms with van der Waals surface area (Å²) in [6.07, 6.45) is 4.75. The smallest absolute Gasteiger partial charge is 0.347 e. The van der Waals surface area contributed by atoms with Crippen molar-refractivity contribution in [3.8, 4) is 0 Å². The fraction of sp³-hybridized carbons (Fsp3) is 0.125. The second-order valence-electron chi connectivity index (χ2n) is 2.86. The van der Waals surface area contributed by atoms with Gasteiger partial charge in [-0.05, 0) is 0 Å². The lowest BCUT2D eigenvalue weighted by atomic mass is 10.6. The van der Waals surface area contributed by atoms with Crippen molar-refractivity contribution in [3.05, 3.63) is 23.5 Å². The molecule has 78 valence electrons. The van der Waals surface area contributed by atoms with Crippen molar-refractivity contribution in [3.63, 3.8) is 0 Å². The highest BCUT2D eigenvalue weighted by Crippen LogP contribution is 2.21. The number of hydrogen-bond acceptors (Lipinski definition) is 5. The molecular formula is C8H8N4O2S. The van der Waals surface area contributed by atoms with Crippen LogP contribution in [0.25, 0.3) is 0 Å². The summed E-state index contributed by atoms with van der Waals surface area (Å²) < 4.78 is 1.65. The molecule has 0 aromatic carbocycles. The van der Waals surface area contributed by atoms with Crippen LogP contribution in [0, 0.1) is 0 Å². The molecule has 7 heteroatoms. The molecule has 6 nitrogen and oxygen atoms in total. The molecule has 2 rings (SSSR count). The number of thiazole rings is 1. The Balaban J connectivity index is 2.14. The number of aromatic nitrogens is 3. The van der Waals surface area contributed by atoms with Crippen LogP contribution >= 0.6 is 11.3 Å². The van der Waals surface area contributed by atoms with Crippen molar-refractivity contribution in [1.82, 2.24) is 14.8 Å². The highest BCUT2D eigenvalue weighted by Gasteiger charge is 2.08. The molecule has 0 saturated heterocycles. The van der Waals surface area contributed by atoms with Gasteiger partial charge in [-0.25, -0.2) is 9.78 Å². The van der Waals surface area contributed by atoms with Gasteiger partial charge in [-0.2, -0.15) is 5.10 Å². The molecule has 2 aromatic heterocycles. The van der Waals surface area contributed by atoms with Crippen molar-refractivity contribution < 1.29 is 9.90 Å². The van der Waals surface area contributed by atoms with Gasteiger partial charge in [0.1, 0.15) is 4.88 Å². The summed E-state index contributed by atoms with van der Waals surface area (Å²) in [7, 11) is 1.80. The van der Waals surface area contributed by atoms with E-state index in [1.54, 1.807) is 24.1 Å². The molecule has 0 bridgehead atoms. The van der Waals surface area contributed by atoms with Crippen LogP contribution in [0.4, 0.5) is 10.8 Å². The molecule has 0 fully saturated rings. The van der Waals surface area contributed by atoms with Crippen LogP contribution in [0.1, 0.15) is 9.67 Å².